The summed E-state index contributed by atoms with van der Waals surface area (Å²) in [7, 11) is 0. The minimum Gasteiger partial charge on any atom is -0.427 e. The lowest BCUT2D eigenvalue weighted by Gasteiger charge is -2.19. The summed E-state index contributed by atoms with van der Waals surface area (Å²) in [5.74, 6) is -1.20. The molecule has 0 amide bonds. The quantitative estimate of drug-likeness (QED) is 0.0420. The molecule has 4 heteroatoms. The van der Waals surface area contributed by atoms with Crippen LogP contribution in [0.5, 0.6) is 0 Å². The van der Waals surface area contributed by atoms with E-state index < -0.39 is 5.79 Å². The van der Waals surface area contributed by atoms with Crippen LogP contribution in [-0.4, -0.2) is 24.2 Å². The Morgan fingerprint density at radius 3 is 1.29 bits per heavy atom. The molecule has 2 heterocycles. The zero-order valence-corrected chi connectivity index (χ0v) is 30.5. The number of esters is 1. The average Bonchev–Trinajstić information content (AvgIpc) is 3.46. The van der Waals surface area contributed by atoms with Gasteiger partial charge in [0.2, 0.25) is 5.79 Å². The number of rotatable bonds is 32. The zero-order chi connectivity index (χ0) is 32.3. The normalized spacial score (nSPS) is 22.0. The van der Waals surface area contributed by atoms with E-state index in [1.807, 2.05) is 6.92 Å². The fourth-order valence-electron chi connectivity index (χ4n) is 7.18. The van der Waals surface area contributed by atoms with Crippen LogP contribution in [-0.2, 0) is 19.0 Å². The van der Waals surface area contributed by atoms with Crippen molar-refractivity contribution in [3.8, 4) is 0 Å². The number of ether oxygens (including phenoxy) is 3. The molecule has 0 bridgehead atoms. The summed E-state index contributed by atoms with van der Waals surface area (Å²) in [6.45, 7) is 6.45. The molecule has 0 aliphatic carbocycles. The fourth-order valence-corrected chi connectivity index (χ4v) is 7.18. The Morgan fingerprint density at radius 1 is 0.533 bits per heavy atom. The van der Waals surface area contributed by atoms with E-state index in [2.05, 4.69) is 19.9 Å². The summed E-state index contributed by atoms with van der Waals surface area (Å²) < 4.78 is 18.0. The van der Waals surface area contributed by atoms with Crippen molar-refractivity contribution < 1.29 is 19.0 Å². The van der Waals surface area contributed by atoms with E-state index in [0.29, 0.717) is 5.57 Å². The highest BCUT2D eigenvalue weighted by Crippen LogP contribution is 2.42. The molecule has 0 aromatic heterocycles. The first-order chi connectivity index (χ1) is 22.1. The van der Waals surface area contributed by atoms with E-state index >= 15 is 0 Å². The molecule has 0 aromatic rings. The van der Waals surface area contributed by atoms with Crippen LogP contribution in [0.25, 0.3) is 0 Å². The number of fused-ring (bicyclic) bond motifs is 1. The summed E-state index contributed by atoms with van der Waals surface area (Å²) in [4.78, 5) is 12.5. The lowest BCUT2D eigenvalue weighted by atomic mass is 10.0. The number of carbonyl (C=O) groups is 1. The molecule has 45 heavy (non-hydrogen) atoms. The summed E-state index contributed by atoms with van der Waals surface area (Å²) in [5.41, 5.74) is 0.682. The van der Waals surface area contributed by atoms with Crippen LogP contribution in [0, 0.1) is 0 Å². The molecule has 0 radical (unpaired) electrons. The molecule has 0 saturated carbocycles. The van der Waals surface area contributed by atoms with Crippen LogP contribution in [0.15, 0.2) is 11.6 Å². The fraction of sp³-hybridized carbons (Fsp3) is 0.927. The van der Waals surface area contributed by atoms with Crippen LogP contribution in [0.3, 0.4) is 0 Å². The Labute approximate surface area is 280 Å². The molecule has 2 saturated heterocycles. The standard InChI is InChI=1S/C41H76O4/c1-4-6-8-10-12-14-16-18-20-22-23-25-27-29-31-33-35-37-39-41(3,45-40(37)42)44-38(43-39)36-34-32-30-28-26-24-21-19-17-15-13-11-9-7-5-2/h35,38-39H,4-34,36H2,1-3H3/b37-35+/t38-,39+,41-/m1/s1. The molecular formula is C41H76O4. The Balaban J connectivity index is 1.42. The minimum atomic E-state index is -0.946. The Morgan fingerprint density at radius 2 is 0.889 bits per heavy atom. The lowest BCUT2D eigenvalue weighted by Crippen LogP contribution is -2.33. The number of allylic oxidation sites excluding steroid dienone is 1. The van der Waals surface area contributed by atoms with E-state index in [1.54, 1.807) is 0 Å². The molecular weight excluding hydrogens is 556 g/mol. The number of carbonyl (C=O) groups excluding carboxylic acids is 1. The van der Waals surface area contributed by atoms with Crippen molar-refractivity contribution in [1.82, 2.24) is 0 Å². The van der Waals surface area contributed by atoms with Crippen molar-refractivity contribution in [2.24, 2.45) is 0 Å². The van der Waals surface area contributed by atoms with Crippen LogP contribution in [0.1, 0.15) is 226 Å². The first-order valence-corrected chi connectivity index (χ1v) is 20.4. The topological polar surface area (TPSA) is 44.8 Å². The Hall–Kier alpha value is -0.870. The van der Waals surface area contributed by atoms with E-state index in [1.165, 1.54) is 180 Å². The van der Waals surface area contributed by atoms with E-state index in [4.69, 9.17) is 14.2 Å². The van der Waals surface area contributed by atoms with Gasteiger partial charge in [-0.2, -0.15) is 0 Å². The van der Waals surface area contributed by atoms with Gasteiger partial charge in [-0.15, -0.1) is 0 Å². The molecule has 2 aliphatic rings. The van der Waals surface area contributed by atoms with Crippen molar-refractivity contribution in [2.45, 2.75) is 244 Å². The monoisotopic (exact) mass is 633 g/mol. The van der Waals surface area contributed by atoms with Gasteiger partial charge < -0.3 is 14.2 Å². The average molecular weight is 633 g/mol. The smallest absolute Gasteiger partial charge is 0.339 e. The SMILES string of the molecule is CCCCCCCCCCCCCCCCC/C=C1/C(=O)O[C@@]2(C)O[C@H](CCCCCCCCCCCCCCCCC)O[C@@H]12. The maximum absolute atomic E-state index is 12.5. The third kappa shape index (κ3) is 18.9. The van der Waals surface area contributed by atoms with Crippen molar-refractivity contribution in [1.29, 1.82) is 0 Å². The molecule has 2 fully saturated rings. The van der Waals surface area contributed by atoms with Gasteiger partial charge in [0.05, 0.1) is 5.57 Å². The highest BCUT2D eigenvalue weighted by molar-refractivity contribution is 5.92. The van der Waals surface area contributed by atoms with Crippen LogP contribution < -0.4 is 0 Å². The highest BCUT2D eigenvalue weighted by Gasteiger charge is 2.58. The van der Waals surface area contributed by atoms with E-state index in [9.17, 15) is 4.79 Å². The van der Waals surface area contributed by atoms with E-state index in [0.717, 1.165) is 25.7 Å². The third-order valence-corrected chi connectivity index (χ3v) is 10.2. The molecule has 4 nitrogen and oxygen atoms in total. The predicted octanol–water partition coefficient (Wildman–Crippen LogP) is 13.5. The van der Waals surface area contributed by atoms with Gasteiger partial charge in [0.15, 0.2) is 12.4 Å². The minimum absolute atomic E-state index is 0.256. The molecule has 2 aliphatic heterocycles. The number of unbranched alkanes of at least 4 members (excludes halogenated alkanes) is 29. The summed E-state index contributed by atoms with van der Waals surface area (Å²) in [6.07, 6.45) is 44.3. The predicted molar refractivity (Wildman–Crippen MR) is 191 cm³/mol. The second-order valence-corrected chi connectivity index (χ2v) is 14.6. The molecule has 0 aromatic carbocycles. The van der Waals surface area contributed by atoms with Gasteiger partial charge in [-0.25, -0.2) is 4.79 Å². The van der Waals surface area contributed by atoms with Crippen molar-refractivity contribution >= 4 is 5.97 Å². The second-order valence-electron chi connectivity index (χ2n) is 14.6. The van der Waals surface area contributed by atoms with E-state index in [-0.39, 0.29) is 18.4 Å². The lowest BCUT2D eigenvalue weighted by molar-refractivity contribution is -0.206. The Bertz CT molecular complexity index is 733. The Kier molecular flexibility index (Phi) is 24.3. The summed E-state index contributed by atoms with van der Waals surface area (Å²) in [5, 5.41) is 0. The van der Waals surface area contributed by atoms with Crippen molar-refractivity contribution in [3.63, 3.8) is 0 Å². The van der Waals surface area contributed by atoms with Gasteiger partial charge >= 0.3 is 5.97 Å². The van der Waals surface area contributed by atoms with Crippen LogP contribution in [0.2, 0.25) is 0 Å². The second kappa shape index (κ2) is 27.1. The van der Waals surface area contributed by atoms with Gasteiger partial charge in [0, 0.05) is 6.92 Å². The molecule has 0 unspecified atom stereocenters. The largest absolute Gasteiger partial charge is 0.427 e. The first kappa shape index (κ1) is 40.3. The third-order valence-electron chi connectivity index (χ3n) is 10.2. The molecule has 264 valence electrons. The van der Waals surface area contributed by atoms with Crippen LogP contribution >= 0.6 is 0 Å². The van der Waals surface area contributed by atoms with Gasteiger partial charge in [0.25, 0.3) is 0 Å². The summed E-state index contributed by atoms with van der Waals surface area (Å²) in [6, 6.07) is 0. The maximum atomic E-state index is 12.5. The molecule has 0 spiro atoms. The maximum Gasteiger partial charge on any atom is 0.339 e. The van der Waals surface area contributed by atoms with Gasteiger partial charge in [-0.05, 0) is 25.7 Å². The number of hydrogen-bond donors (Lipinski definition) is 0. The number of hydrogen-bond acceptors (Lipinski definition) is 4. The molecule has 0 N–H and O–H groups in total. The van der Waals surface area contributed by atoms with Crippen molar-refractivity contribution in [2.75, 3.05) is 0 Å². The molecule has 3 atom stereocenters. The van der Waals surface area contributed by atoms with Gasteiger partial charge in [-0.1, -0.05) is 200 Å². The molecule has 2 rings (SSSR count). The highest BCUT2D eigenvalue weighted by atomic mass is 16.8. The summed E-state index contributed by atoms with van der Waals surface area (Å²) >= 11 is 0. The first-order valence-electron chi connectivity index (χ1n) is 20.4. The van der Waals surface area contributed by atoms with Gasteiger partial charge in [-0.3, -0.25) is 0 Å². The zero-order valence-electron chi connectivity index (χ0n) is 30.5. The van der Waals surface area contributed by atoms with Crippen LogP contribution in [0.4, 0.5) is 0 Å². The van der Waals surface area contributed by atoms with Gasteiger partial charge in [0.1, 0.15) is 0 Å². The van der Waals surface area contributed by atoms with Crippen molar-refractivity contribution in [3.05, 3.63) is 11.6 Å².